The van der Waals surface area contributed by atoms with Gasteiger partial charge in [-0.1, -0.05) is 11.6 Å². The van der Waals surface area contributed by atoms with E-state index >= 15 is 0 Å². The van der Waals surface area contributed by atoms with Crippen molar-refractivity contribution in [2.45, 2.75) is 19.3 Å². The van der Waals surface area contributed by atoms with E-state index in [-0.39, 0.29) is 0 Å². The van der Waals surface area contributed by atoms with Crippen molar-refractivity contribution >= 4 is 11.6 Å². The Hall–Kier alpha value is -0.930. The molecule has 0 radical (unpaired) electrons. The van der Waals surface area contributed by atoms with Crippen LogP contribution >= 0.6 is 11.6 Å². The van der Waals surface area contributed by atoms with Crippen LogP contribution in [0.15, 0.2) is 6.07 Å². The van der Waals surface area contributed by atoms with Gasteiger partial charge in [0.05, 0.1) is 18.7 Å². The molecule has 0 spiro atoms. The predicted octanol–water partition coefficient (Wildman–Crippen LogP) is 2.17. The molecule has 1 aliphatic heterocycles. The molecule has 88 valence electrons. The zero-order valence-electron chi connectivity index (χ0n) is 9.38. The fourth-order valence-electron chi connectivity index (χ4n) is 2.02. The summed E-state index contributed by atoms with van der Waals surface area (Å²) in [6.07, 6.45) is 2.66. The summed E-state index contributed by atoms with van der Waals surface area (Å²) in [5.74, 6) is 1.68. The Bertz CT molecular complexity index is 393. The average molecular weight is 242 g/mol. The van der Waals surface area contributed by atoms with Gasteiger partial charge >= 0.3 is 0 Å². The van der Waals surface area contributed by atoms with Gasteiger partial charge in [-0.25, -0.2) is 0 Å². The van der Waals surface area contributed by atoms with Gasteiger partial charge in [0.25, 0.3) is 0 Å². The first kappa shape index (κ1) is 11.6. The second-order valence-corrected chi connectivity index (χ2v) is 4.23. The largest absolute Gasteiger partial charge is 0.495 e. The van der Waals surface area contributed by atoms with E-state index in [1.165, 1.54) is 0 Å². The lowest BCUT2D eigenvalue weighted by atomic mass is 10.0. The zero-order chi connectivity index (χ0) is 11.5. The Morgan fingerprint density at radius 1 is 1.56 bits per heavy atom. The van der Waals surface area contributed by atoms with E-state index in [0.717, 1.165) is 41.9 Å². The molecule has 1 heterocycles. The summed E-state index contributed by atoms with van der Waals surface area (Å²) in [7, 11) is 1.65. The number of nitrogens with two attached hydrogens (primary N) is 1. The standard InChI is InChI=1S/C12H16ClNO2/c1-15-12-8(3-2-5-14)7-10-9(11(12)13)4-6-16-10/h7H,2-6,14H2,1H3. The van der Waals surface area contributed by atoms with Gasteiger partial charge in [0.1, 0.15) is 11.5 Å². The van der Waals surface area contributed by atoms with Crippen LogP contribution in [-0.4, -0.2) is 20.3 Å². The molecule has 1 aromatic carbocycles. The van der Waals surface area contributed by atoms with Crippen LogP contribution in [0.4, 0.5) is 0 Å². The smallest absolute Gasteiger partial charge is 0.141 e. The third-order valence-electron chi connectivity index (χ3n) is 2.82. The van der Waals surface area contributed by atoms with E-state index in [4.69, 9.17) is 26.8 Å². The van der Waals surface area contributed by atoms with Crippen molar-refractivity contribution in [3.63, 3.8) is 0 Å². The van der Waals surface area contributed by atoms with Gasteiger partial charge in [0.15, 0.2) is 0 Å². The summed E-state index contributed by atoms with van der Waals surface area (Å²) in [6, 6.07) is 2.03. The molecular formula is C12H16ClNO2. The molecule has 2 N–H and O–H groups in total. The fraction of sp³-hybridized carbons (Fsp3) is 0.500. The number of benzene rings is 1. The summed E-state index contributed by atoms with van der Waals surface area (Å²) in [4.78, 5) is 0. The second-order valence-electron chi connectivity index (χ2n) is 3.85. The highest BCUT2D eigenvalue weighted by molar-refractivity contribution is 6.33. The number of methoxy groups -OCH3 is 1. The molecular weight excluding hydrogens is 226 g/mol. The second kappa shape index (κ2) is 4.93. The first-order valence-corrected chi connectivity index (χ1v) is 5.86. The summed E-state index contributed by atoms with van der Waals surface area (Å²) in [5.41, 5.74) is 7.66. The number of fused-ring (bicyclic) bond motifs is 1. The molecule has 0 aromatic heterocycles. The van der Waals surface area contributed by atoms with Gasteiger partial charge in [-0.15, -0.1) is 0 Å². The average Bonchev–Trinajstić information content (AvgIpc) is 2.75. The summed E-state index contributed by atoms with van der Waals surface area (Å²) >= 11 is 6.30. The number of halogens is 1. The Labute approximate surface area is 100 Å². The molecule has 16 heavy (non-hydrogen) atoms. The maximum absolute atomic E-state index is 6.30. The van der Waals surface area contributed by atoms with Gasteiger partial charge in [-0.2, -0.15) is 0 Å². The molecule has 1 aliphatic rings. The van der Waals surface area contributed by atoms with Gasteiger partial charge < -0.3 is 15.2 Å². The number of aryl methyl sites for hydroxylation is 1. The van der Waals surface area contributed by atoms with Crippen molar-refractivity contribution in [1.29, 1.82) is 0 Å². The van der Waals surface area contributed by atoms with E-state index < -0.39 is 0 Å². The fourth-order valence-corrected chi connectivity index (χ4v) is 2.41. The molecule has 0 amide bonds. The van der Waals surface area contributed by atoms with E-state index in [0.29, 0.717) is 18.2 Å². The van der Waals surface area contributed by atoms with Crippen molar-refractivity contribution in [2.75, 3.05) is 20.3 Å². The summed E-state index contributed by atoms with van der Waals surface area (Å²) < 4.78 is 10.9. The van der Waals surface area contributed by atoms with Crippen molar-refractivity contribution in [1.82, 2.24) is 0 Å². The number of hydrogen-bond donors (Lipinski definition) is 1. The first-order valence-electron chi connectivity index (χ1n) is 5.49. The van der Waals surface area contributed by atoms with Crippen molar-refractivity contribution < 1.29 is 9.47 Å². The van der Waals surface area contributed by atoms with Crippen LogP contribution < -0.4 is 15.2 Å². The molecule has 0 bridgehead atoms. The molecule has 3 nitrogen and oxygen atoms in total. The van der Waals surface area contributed by atoms with Crippen molar-refractivity contribution in [3.05, 3.63) is 22.2 Å². The predicted molar refractivity (Wildman–Crippen MR) is 64.6 cm³/mol. The molecule has 4 heteroatoms. The Kier molecular flexibility index (Phi) is 3.56. The quantitative estimate of drug-likeness (QED) is 0.879. The van der Waals surface area contributed by atoms with E-state index in [1.807, 2.05) is 6.07 Å². The Morgan fingerprint density at radius 2 is 2.38 bits per heavy atom. The Balaban J connectivity index is 2.39. The van der Waals surface area contributed by atoms with Crippen LogP contribution in [0.1, 0.15) is 17.5 Å². The zero-order valence-corrected chi connectivity index (χ0v) is 10.1. The van der Waals surface area contributed by atoms with Crippen molar-refractivity contribution in [2.24, 2.45) is 5.73 Å². The lowest BCUT2D eigenvalue weighted by Crippen LogP contribution is -2.02. The van der Waals surface area contributed by atoms with Crippen LogP contribution in [0.5, 0.6) is 11.5 Å². The van der Waals surface area contributed by atoms with Gasteiger partial charge in [0.2, 0.25) is 0 Å². The lowest BCUT2D eigenvalue weighted by molar-refractivity contribution is 0.356. The monoisotopic (exact) mass is 241 g/mol. The maximum Gasteiger partial charge on any atom is 0.141 e. The van der Waals surface area contributed by atoms with E-state index in [1.54, 1.807) is 7.11 Å². The third kappa shape index (κ3) is 1.97. The van der Waals surface area contributed by atoms with Gasteiger partial charge in [0, 0.05) is 12.0 Å². The molecule has 2 rings (SSSR count). The minimum Gasteiger partial charge on any atom is -0.495 e. The molecule has 0 atom stereocenters. The van der Waals surface area contributed by atoms with Crippen LogP contribution in [-0.2, 0) is 12.8 Å². The normalized spacial score (nSPS) is 13.4. The van der Waals surface area contributed by atoms with E-state index in [9.17, 15) is 0 Å². The van der Waals surface area contributed by atoms with Crippen LogP contribution in [0, 0.1) is 0 Å². The number of rotatable bonds is 4. The number of hydrogen-bond acceptors (Lipinski definition) is 3. The Morgan fingerprint density at radius 3 is 3.06 bits per heavy atom. The topological polar surface area (TPSA) is 44.5 Å². The van der Waals surface area contributed by atoms with Gasteiger partial charge in [-0.05, 0) is 31.0 Å². The highest BCUT2D eigenvalue weighted by Crippen LogP contribution is 2.41. The van der Waals surface area contributed by atoms with Gasteiger partial charge in [-0.3, -0.25) is 0 Å². The summed E-state index contributed by atoms with van der Waals surface area (Å²) in [6.45, 7) is 1.37. The molecule has 0 aliphatic carbocycles. The minimum absolute atomic E-state index is 0.665. The summed E-state index contributed by atoms with van der Waals surface area (Å²) in [5, 5.41) is 0.699. The molecule has 0 saturated heterocycles. The highest BCUT2D eigenvalue weighted by Gasteiger charge is 2.21. The van der Waals surface area contributed by atoms with Crippen molar-refractivity contribution in [3.8, 4) is 11.5 Å². The van der Waals surface area contributed by atoms with E-state index in [2.05, 4.69) is 0 Å². The molecule has 0 saturated carbocycles. The lowest BCUT2D eigenvalue weighted by Gasteiger charge is -2.13. The highest BCUT2D eigenvalue weighted by atomic mass is 35.5. The van der Waals surface area contributed by atoms with Crippen LogP contribution in [0.25, 0.3) is 0 Å². The molecule has 1 aromatic rings. The number of ether oxygens (including phenoxy) is 2. The van der Waals surface area contributed by atoms with Crippen LogP contribution in [0.2, 0.25) is 5.02 Å². The molecule has 0 unspecified atom stereocenters. The SMILES string of the molecule is COc1c(CCCN)cc2c(c1Cl)CCO2. The van der Waals surface area contributed by atoms with Crippen LogP contribution in [0.3, 0.4) is 0 Å². The third-order valence-corrected chi connectivity index (χ3v) is 3.22. The first-order chi connectivity index (χ1) is 7.77. The maximum atomic E-state index is 6.30. The molecule has 0 fully saturated rings. The minimum atomic E-state index is 0.665.